The molecule has 0 unspecified atom stereocenters. The van der Waals surface area contributed by atoms with Gasteiger partial charge in [0.25, 0.3) is 0 Å². The highest BCUT2D eigenvalue weighted by atomic mass is 35.5. The van der Waals surface area contributed by atoms with E-state index in [1.165, 1.54) is 19.2 Å². The monoisotopic (exact) mass is 208 g/mol. The van der Waals surface area contributed by atoms with E-state index in [1.54, 1.807) is 0 Å². The number of halogens is 3. The van der Waals surface area contributed by atoms with Crippen LogP contribution in [-0.2, 0) is 5.88 Å². The lowest BCUT2D eigenvalue weighted by Crippen LogP contribution is -1.90. The maximum absolute atomic E-state index is 12.9. The standard InChI is InChI=1S/C8H7Cl2FO/c1-12-8-2-5(4-9)6(10)3-7(8)11/h2-3H,4H2,1H3. The zero-order valence-corrected chi connectivity index (χ0v) is 7.92. The molecule has 0 amide bonds. The lowest BCUT2D eigenvalue weighted by molar-refractivity contribution is 0.386. The Morgan fingerprint density at radius 3 is 2.67 bits per heavy atom. The van der Waals surface area contributed by atoms with Crippen molar-refractivity contribution in [1.82, 2.24) is 0 Å². The predicted octanol–water partition coefficient (Wildman–Crippen LogP) is 3.23. The van der Waals surface area contributed by atoms with Gasteiger partial charge in [-0.25, -0.2) is 4.39 Å². The van der Waals surface area contributed by atoms with Gasteiger partial charge in [0.1, 0.15) is 0 Å². The fraction of sp³-hybridized carbons (Fsp3) is 0.250. The normalized spacial score (nSPS) is 10.0. The first-order valence-corrected chi connectivity index (χ1v) is 4.18. The van der Waals surface area contributed by atoms with Crippen LogP contribution < -0.4 is 4.74 Å². The van der Waals surface area contributed by atoms with Crippen molar-refractivity contribution in [3.8, 4) is 5.75 Å². The van der Waals surface area contributed by atoms with Gasteiger partial charge in [-0.1, -0.05) is 11.6 Å². The summed E-state index contributed by atoms with van der Waals surface area (Å²) in [4.78, 5) is 0. The van der Waals surface area contributed by atoms with Gasteiger partial charge in [-0.15, -0.1) is 11.6 Å². The van der Waals surface area contributed by atoms with Crippen molar-refractivity contribution in [2.45, 2.75) is 5.88 Å². The van der Waals surface area contributed by atoms with Crippen LogP contribution in [0.3, 0.4) is 0 Å². The first-order chi connectivity index (χ1) is 5.69. The van der Waals surface area contributed by atoms with E-state index in [1.807, 2.05) is 0 Å². The zero-order valence-electron chi connectivity index (χ0n) is 6.40. The molecule has 1 aromatic carbocycles. The summed E-state index contributed by atoms with van der Waals surface area (Å²) < 4.78 is 17.7. The van der Waals surface area contributed by atoms with Crippen molar-refractivity contribution < 1.29 is 9.13 Å². The van der Waals surface area contributed by atoms with Gasteiger partial charge in [-0.3, -0.25) is 0 Å². The molecule has 0 heterocycles. The molecular formula is C8H7Cl2FO. The van der Waals surface area contributed by atoms with Crippen LogP contribution in [0.4, 0.5) is 4.39 Å². The van der Waals surface area contributed by atoms with Crippen molar-refractivity contribution in [1.29, 1.82) is 0 Å². The summed E-state index contributed by atoms with van der Waals surface area (Å²) in [5.74, 6) is -0.0680. The van der Waals surface area contributed by atoms with Crippen molar-refractivity contribution >= 4 is 23.2 Å². The van der Waals surface area contributed by atoms with Crippen LogP contribution in [0.5, 0.6) is 5.75 Å². The van der Waals surface area contributed by atoms with Gasteiger partial charge in [0.05, 0.1) is 7.11 Å². The molecule has 1 nitrogen and oxygen atoms in total. The molecular weight excluding hydrogens is 202 g/mol. The van der Waals surface area contributed by atoms with Gasteiger partial charge < -0.3 is 4.74 Å². The maximum atomic E-state index is 12.9. The van der Waals surface area contributed by atoms with E-state index in [2.05, 4.69) is 0 Å². The molecule has 0 radical (unpaired) electrons. The Labute approximate surface area is 80.0 Å². The minimum atomic E-state index is -0.476. The van der Waals surface area contributed by atoms with E-state index in [4.69, 9.17) is 27.9 Å². The molecule has 0 aliphatic rings. The van der Waals surface area contributed by atoms with E-state index in [-0.39, 0.29) is 11.6 Å². The fourth-order valence-corrected chi connectivity index (χ4v) is 1.34. The van der Waals surface area contributed by atoms with Crippen LogP contribution in [0.1, 0.15) is 5.56 Å². The zero-order chi connectivity index (χ0) is 9.14. The molecule has 0 fully saturated rings. The number of ether oxygens (including phenoxy) is 1. The molecule has 0 aromatic heterocycles. The molecule has 12 heavy (non-hydrogen) atoms. The SMILES string of the molecule is COc1cc(CCl)c(Cl)cc1F. The lowest BCUT2D eigenvalue weighted by atomic mass is 10.2. The number of rotatable bonds is 2. The summed E-state index contributed by atoms with van der Waals surface area (Å²) >= 11 is 11.2. The highest BCUT2D eigenvalue weighted by Crippen LogP contribution is 2.26. The van der Waals surface area contributed by atoms with Crippen molar-refractivity contribution in [3.05, 3.63) is 28.5 Å². The van der Waals surface area contributed by atoms with Crippen LogP contribution in [0.15, 0.2) is 12.1 Å². The van der Waals surface area contributed by atoms with E-state index >= 15 is 0 Å². The Morgan fingerprint density at radius 2 is 2.17 bits per heavy atom. The van der Waals surface area contributed by atoms with Crippen LogP contribution in [-0.4, -0.2) is 7.11 Å². The molecule has 0 N–H and O–H groups in total. The highest BCUT2D eigenvalue weighted by molar-refractivity contribution is 6.32. The van der Waals surface area contributed by atoms with Crippen LogP contribution in [0.2, 0.25) is 5.02 Å². The van der Waals surface area contributed by atoms with Gasteiger partial charge in [0, 0.05) is 10.9 Å². The third kappa shape index (κ3) is 1.82. The topological polar surface area (TPSA) is 9.23 Å². The summed E-state index contributed by atoms with van der Waals surface area (Å²) in [6.45, 7) is 0. The number of hydrogen-bond donors (Lipinski definition) is 0. The van der Waals surface area contributed by atoms with Crippen molar-refractivity contribution in [2.75, 3.05) is 7.11 Å². The molecule has 0 bridgehead atoms. The molecule has 0 aliphatic carbocycles. The minimum Gasteiger partial charge on any atom is -0.494 e. The highest BCUT2D eigenvalue weighted by Gasteiger charge is 2.07. The Balaban J connectivity index is 3.18. The maximum Gasteiger partial charge on any atom is 0.166 e. The molecule has 1 aromatic rings. The van der Waals surface area contributed by atoms with E-state index < -0.39 is 5.82 Å². The second kappa shape index (κ2) is 3.97. The second-order valence-corrected chi connectivity index (χ2v) is 2.89. The van der Waals surface area contributed by atoms with Gasteiger partial charge in [0.15, 0.2) is 11.6 Å². The summed E-state index contributed by atoms with van der Waals surface area (Å²) in [6, 6.07) is 2.68. The Kier molecular flexibility index (Phi) is 3.18. The van der Waals surface area contributed by atoms with Gasteiger partial charge in [-0.05, 0) is 17.7 Å². The molecule has 1 rings (SSSR count). The number of alkyl halides is 1. The average Bonchev–Trinajstić information content (AvgIpc) is 2.05. The summed E-state index contributed by atoms with van der Waals surface area (Å²) in [5, 5.41) is 0.323. The molecule has 0 saturated carbocycles. The number of hydrogen-bond acceptors (Lipinski definition) is 1. The number of benzene rings is 1. The van der Waals surface area contributed by atoms with Crippen LogP contribution in [0.25, 0.3) is 0 Å². The molecule has 4 heteroatoms. The Hall–Kier alpha value is -0.470. The van der Waals surface area contributed by atoms with E-state index in [9.17, 15) is 4.39 Å². The number of methoxy groups -OCH3 is 1. The Bertz CT molecular complexity index is 263. The van der Waals surface area contributed by atoms with Crippen molar-refractivity contribution in [2.24, 2.45) is 0 Å². The van der Waals surface area contributed by atoms with Gasteiger partial charge in [-0.2, -0.15) is 0 Å². The first-order valence-electron chi connectivity index (χ1n) is 3.27. The predicted molar refractivity (Wildman–Crippen MR) is 47.5 cm³/mol. The van der Waals surface area contributed by atoms with E-state index in [0.29, 0.717) is 10.6 Å². The van der Waals surface area contributed by atoms with Gasteiger partial charge >= 0.3 is 0 Å². The summed E-state index contributed by atoms with van der Waals surface area (Å²) in [5.41, 5.74) is 0.664. The van der Waals surface area contributed by atoms with Crippen LogP contribution >= 0.6 is 23.2 Å². The molecule has 0 saturated heterocycles. The van der Waals surface area contributed by atoms with Gasteiger partial charge in [0.2, 0.25) is 0 Å². The average molecular weight is 209 g/mol. The summed E-state index contributed by atoms with van der Waals surface area (Å²) in [7, 11) is 1.39. The second-order valence-electron chi connectivity index (χ2n) is 2.21. The van der Waals surface area contributed by atoms with Crippen LogP contribution in [0, 0.1) is 5.82 Å². The molecule has 66 valence electrons. The van der Waals surface area contributed by atoms with Crippen molar-refractivity contribution in [3.63, 3.8) is 0 Å². The molecule has 0 atom stereocenters. The first kappa shape index (κ1) is 9.62. The smallest absolute Gasteiger partial charge is 0.166 e. The van der Waals surface area contributed by atoms with E-state index in [0.717, 1.165) is 0 Å². The minimum absolute atomic E-state index is 0.162. The third-order valence-corrected chi connectivity index (χ3v) is 2.10. The largest absolute Gasteiger partial charge is 0.494 e. The summed E-state index contributed by atoms with van der Waals surface area (Å²) in [6.07, 6.45) is 0. The molecule has 0 aliphatic heterocycles. The fourth-order valence-electron chi connectivity index (χ4n) is 0.830. The molecule has 0 spiro atoms. The Morgan fingerprint density at radius 1 is 1.50 bits per heavy atom. The quantitative estimate of drug-likeness (QED) is 0.679. The third-order valence-electron chi connectivity index (χ3n) is 1.46. The lowest BCUT2D eigenvalue weighted by Gasteiger charge is -2.05.